The second-order valence-electron chi connectivity index (χ2n) is 5.52. The largest absolute Gasteiger partial charge is 0.508 e. The fraction of sp³-hybridized carbons (Fsp3) is 0.600. The summed E-state index contributed by atoms with van der Waals surface area (Å²) in [6.07, 6.45) is -5.04. The summed E-state index contributed by atoms with van der Waals surface area (Å²) in [6, 6.07) is 4.79. The molecule has 0 spiro atoms. The number of nitrogens with zero attached hydrogens (tertiary/aromatic N) is 1. The smallest absolute Gasteiger partial charge is 0.389 e. The van der Waals surface area contributed by atoms with Gasteiger partial charge in [0, 0.05) is 44.2 Å². The predicted molar refractivity (Wildman–Crippen MR) is 82.6 cm³/mol. The molecule has 1 aliphatic rings. The number of rotatable bonds is 4. The van der Waals surface area contributed by atoms with E-state index in [-0.39, 0.29) is 24.6 Å². The van der Waals surface area contributed by atoms with Crippen LogP contribution >= 0.6 is 12.4 Å². The Morgan fingerprint density at radius 1 is 1.27 bits per heavy atom. The molecule has 1 aromatic carbocycles. The maximum atomic E-state index is 12.6. The molecule has 2 rings (SSSR count). The molecule has 0 saturated carbocycles. The zero-order valence-corrected chi connectivity index (χ0v) is 13.3. The van der Waals surface area contributed by atoms with E-state index < -0.39 is 18.6 Å². The average Bonchev–Trinajstić information content (AvgIpc) is 2.41. The molecule has 2 N–H and O–H groups in total. The lowest BCUT2D eigenvalue weighted by atomic mass is 9.97. The number of phenols is 1. The molecule has 0 aromatic heterocycles. The lowest BCUT2D eigenvalue weighted by molar-refractivity contribution is -0.138. The van der Waals surface area contributed by atoms with Gasteiger partial charge in [-0.3, -0.25) is 4.90 Å². The first-order valence-corrected chi connectivity index (χ1v) is 7.18. The van der Waals surface area contributed by atoms with Crippen LogP contribution in [0.15, 0.2) is 18.2 Å². The second-order valence-corrected chi connectivity index (χ2v) is 5.52. The molecular formula is C15H22ClF3N2O. The van der Waals surface area contributed by atoms with Gasteiger partial charge in [-0.05, 0) is 25.0 Å². The van der Waals surface area contributed by atoms with Crippen molar-refractivity contribution < 1.29 is 18.3 Å². The molecular weight excluding hydrogens is 317 g/mol. The number of nitrogens with one attached hydrogen (secondary N) is 1. The van der Waals surface area contributed by atoms with Crippen LogP contribution in [0.25, 0.3) is 0 Å². The van der Waals surface area contributed by atoms with E-state index in [0.29, 0.717) is 18.7 Å². The molecule has 22 heavy (non-hydrogen) atoms. The van der Waals surface area contributed by atoms with E-state index in [1.807, 2.05) is 17.9 Å². The van der Waals surface area contributed by atoms with Crippen molar-refractivity contribution in [2.24, 2.45) is 0 Å². The number of aryl methyl sites for hydroxylation is 1. The average molecular weight is 339 g/mol. The van der Waals surface area contributed by atoms with Crippen molar-refractivity contribution in [1.29, 1.82) is 0 Å². The highest BCUT2D eigenvalue weighted by Gasteiger charge is 2.32. The first-order chi connectivity index (χ1) is 9.87. The lowest BCUT2D eigenvalue weighted by Gasteiger charge is -2.35. The summed E-state index contributed by atoms with van der Waals surface area (Å²) < 4.78 is 37.7. The number of phenolic OH excluding ortho intramolecular Hbond substituents is 1. The van der Waals surface area contributed by atoms with E-state index in [0.717, 1.165) is 18.7 Å². The van der Waals surface area contributed by atoms with Crippen LogP contribution in [0.5, 0.6) is 5.75 Å². The van der Waals surface area contributed by atoms with Crippen molar-refractivity contribution in [2.45, 2.75) is 32.0 Å². The minimum absolute atomic E-state index is 0. The predicted octanol–water partition coefficient (Wildman–Crippen LogP) is 3.41. The van der Waals surface area contributed by atoms with Gasteiger partial charge in [-0.15, -0.1) is 12.4 Å². The van der Waals surface area contributed by atoms with Gasteiger partial charge in [0.1, 0.15) is 5.75 Å². The van der Waals surface area contributed by atoms with E-state index in [9.17, 15) is 18.3 Å². The van der Waals surface area contributed by atoms with E-state index in [1.165, 1.54) is 0 Å². The van der Waals surface area contributed by atoms with Gasteiger partial charge in [0.05, 0.1) is 0 Å². The highest BCUT2D eigenvalue weighted by atomic mass is 35.5. The number of piperazine rings is 1. The van der Waals surface area contributed by atoms with E-state index in [1.54, 1.807) is 12.1 Å². The van der Waals surface area contributed by atoms with Gasteiger partial charge < -0.3 is 10.4 Å². The summed E-state index contributed by atoms with van der Waals surface area (Å²) in [5, 5.41) is 13.3. The molecule has 7 heteroatoms. The van der Waals surface area contributed by atoms with E-state index in [4.69, 9.17) is 0 Å². The second kappa shape index (κ2) is 8.04. The third kappa shape index (κ3) is 5.34. The number of hydrogen-bond acceptors (Lipinski definition) is 3. The van der Waals surface area contributed by atoms with Crippen LogP contribution in [0.1, 0.15) is 30.0 Å². The molecule has 1 saturated heterocycles. The molecule has 126 valence electrons. The molecule has 1 aliphatic heterocycles. The van der Waals surface area contributed by atoms with Crippen LogP contribution in [0.3, 0.4) is 0 Å². The van der Waals surface area contributed by atoms with Crippen molar-refractivity contribution >= 4 is 12.4 Å². The normalized spacial score (nSPS) is 17.8. The van der Waals surface area contributed by atoms with Crippen LogP contribution in [0, 0.1) is 6.92 Å². The number of alkyl halides is 3. The standard InChI is InChI=1S/C15H21F3N2O.ClH/c1-11-2-3-12(14(21)10-11)13(4-5-15(16,17)18)20-8-6-19-7-9-20;/h2-3,10,13,19,21H,4-9H2,1H3;1H/t13-;/m1./s1. The summed E-state index contributed by atoms with van der Waals surface area (Å²) in [4.78, 5) is 2.02. The van der Waals surface area contributed by atoms with Crippen molar-refractivity contribution in [3.63, 3.8) is 0 Å². The summed E-state index contributed by atoms with van der Waals surface area (Å²) in [5.41, 5.74) is 1.48. The maximum Gasteiger partial charge on any atom is 0.389 e. The first-order valence-electron chi connectivity index (χ1n) is 7.18. The van der Waals surface area contributed by atoms with Crippen LogP contribution in [-0.2, 0) is 0 Å². The Labute approximate surface area is 134 Å². The molecule has 3 nitrogen and oxygen atoms in total. The Hall–Kier alpha value is -0.980. The Balaban J connectivity index is 0.00000242. The van der Waals surface area contributed by atoms with Crippen LogP contribution in [0.2, 0.25) is 0 Å². The monoisotopic (exact) mass is 338 g/mol. The van der Waals surface area contributed by atoms with Crippen LogP contribution < -0.4 is 5.32 Å². The Morgan fingerprint density at radius 2 is 1.91 bits per heavy atom. The summed E-state index contributed by atoms with van der Waals surface area (Å²) in [5.74, 6) is 0.0840. The van der Waals surface area contributed by atoms with Gasteiger partial charge in [0.2, 0.25) is 0 Å². The zero-order valence-electron chi connectivity index (χ0n) is 12.5. The topological polar surface area (TPSA) is 35.5 Å². The fourth-order valence-electron chi connectivity index (χ4n) is 2.76. The summed E-state index contributed by atoms with van der Waals surface area (Å²) in [7, 11) is 0. The van der Waals surface area contributed by atoms with Crippen molar-refractivity contribution in [3.8, 4) is 5.75 Å². The van der Waals surface area contributed by atoms with Crippen molar-refractivity contribution in [1.82, 2.24) is 10.2 Å². The zero-order chi connectivity index (χ0) is 15.5. The highest BCUT2D eigenvalue weighted by Crippen LogP contribution is 2.35. The minimum Gasteiger partial charge on any atom is -0.508 e. The molecule has 0 amide bonds. The first kappa shape index (κ1) is 19.1. The molecule has 0 radical (unpaired) electrons. The van der Waals surface area contributed by atoms with E-state index in [2.05, 4.69) is 5.32 Å². The van der Waals surface area contributed by atoms with Crippen molar-refractivity contribution in [2.75, 3.05) is 26.2 Å². The number of aromatic hydroxyl groups is 1. The molecule has 1 fully saturated rings. The number of hydrogen-bond donors (Lipinski definition) is 2. The Morgan fingerprint density at radius 3 is 2.45 bits per heavy atom. The third-order valence-electron chi connectivity index (χ3n) is 3.84. The lowest BCUT2D eigenvalue weighted by Crippen LogP contribution is -2.45. The highest BCUT2D eigenvalue weighted by molar-refractivity contribution is 5.85. The quantitative estimate of drug-likeness (QED) is 0.883. The Kier molecular flexibility index (Phi) is 6.97. The molecule has 0 aliphatic carbocycles. The summed E-state index contributed by atoms with van der Waals surface area (Å²) >= 11 is 0. The molecule has 1 aromatic rings. The molecule has 1 heterocycles. The van der Waals surface area contributed by atoms with Gasteiger partial charge in [0.15, 0.2) is 0 Å². The van der Waals surface area contributed by atoms with E-state index >= 15 is 0 Å². The number of benzene rings is 1. The SMILES string of the molecule is Cc1ccc([C@@H](CCC(F)(F)F)N2CCNCC2)c(O)c1.Cl. The molecule has 0 bridgehead atoms. The summed E-state index contributed by atoms with van der Waals surface area (Å²) in [6.45, 7) is 4.75. The molecule has 1 atom stereocenters. The van der Waals surface area contributed by atoms with Crippen molar-refractivity contribution in [3.05, 3.63) is 29.3 Å². The van der Waals surface area contributed by atoms with Gasteiger partial charge in [0.25, 0.3) is 0 Å². The van der Waals surface area contributed by atoms with Crippen LogP contribution in [-0.4, -0.2) is 42.4 Å². The van der Waals surface area contributed by atoms with Gasteiger partial charge >= 0.3 is 6.18 Å². The minimum atomic E-state index is -4.17. The number of halogens is 4. The fourth-order valence-corrected chi connectivity index (χ4v) is 2.76. The third-order valence-corrected chi connectivity index (χ3v) is 3.84. The van der Waals surface area contributed by atoms with Gasteiger partial charge in [-0.1, -0.05) is 12.1 Å². The Bertz CT molecular complexity index is 476. The van der Waals surface area contributed by atoms with Gasteiger partial charge in [-0.2, -0.15) is 13.2 Å². The van der Waals surface area contributed by atoms with Gasteiger partial charge in [-0.25, -0.2) is 0 Å². The maximum absolute atomic E-state index is 12.6. The van der Waals surface area contributed by atoms with Crippen LogP contribution in [0.4, 0.5) is 13.2 Å². The molecule has 0 unspecified atom stereocenters.